The minimum Gasteiger partial charge on any atom is -0.379 e. The number of rotatable bonds is 4. The SMILES string of the molecule is O=C(N[C@H]1CCOC[C@H]1N1Cc2ccc(-c3noc(C(F)(F)F)n3)cc2C1=O)[C@@H]1CC1(F)F. The van der Waals surface area contributed by atoms with Gasteiger partial charge in [0.1, 0.15) is 5.92 Å². The minimum atomic E-state index is -4.79. The molecular weight excluding hydrogens is 455 g/mol. The third kappa shape index (κ3) is 3.94. The van der Waals surface area contributed by atoms with Gasteiger partial charge >= 0.3 is 12.1 Å². The number of ether oxygens (including phenoxy) is 1. The fraction of sp³-hybridized carbons (Fsp3) is 0.500. The van der Waals surface area contributed by atoms with E-state index in [9.17, 15) is 31.5 Å². The molecule has 5 rings (SSSR count). The van der Waals surface area contributed by atoms with Gasteiger partial charge in [0, 0.05) is 30.7 Å². The molecule has 2 aromatic rings. The summed E-state index contributed by atoms with van der Waals surface area (Å²) in [5, 5.41) is 5.96. The molecule has 0 spiro atoms. The summed E-state index contributed by atoms with van der Waals surface area (Å²) in [6.45, 7) is 0.591. The Kier molecular flexibility index (Phi) is 4.92. The van der Waals surface area contributed by atoms with E-state index >= 15 is 0 Å². The van der Waals surface area contributed by atoms with Crippen molar-refractivity contribution in [3.05, 3.63) is 35.2 Å². The second kappa shape index (κ2) is 7.47. The van der Waals surface area contributed by atoms with Crippen LogP contribution in [0, 0.1) is 5.92 Å². The van der Waals surface area contributed by atoms with Crippen molar-refractivity contribution in [2.45, 2.75) is 43.6 Å². The van der Waals surface area contributed by atoms with Crippen LogP contribution < -0.4 is 5.32 Å². The molecule has 2 fully saturated rings. The quantitative estimate of drug-likeness (QED) is 0.688. The lowest BCUT2D eigenvalue weighted by Gasteiger charge is -2.38. The number of amides is 2. The number of hydrogen-bond acceptors (Lipinski definition) is 6. The van der Waals surface area contributed by atoms with Crippen LogP contribution in [0.4, 0.5) is 22.0 Å². The van der Waals surface area contributed by atoms with Gasteiger partial charge in [0.15, 0.2) is 0 Å². The van der Waals surface area contributed by atoms with Gasteiger partial charge in [-0.3, -0.25) is 9.59 Å². The van der Waals surface area contributed by atoms with E-state index in [-0.39, 0.29) is 30.1 Å². The number of aromatic nitrogens is 2. The highest BCUT2D eigenvalue weighted by molar-refractivity contribution is 5.99. The molecule has 0 bridgehead atoms. The smallest absolute Gasteiger partial charge is 0.379 e. The first-order valence-electron chi connectivity index (χ1n) is 10.2. The number of hydrogen-bond donors (Lipinski definition) is 1. The van der Waals surface area contributed by atoms with Gasteiger partial charge in [0.25, 0.3) is 11.8 Å². The van der Waals surface area contributed by atoms with Crippen molar-refractivity contribution in [1.29, 1.82) is 0 Å². The van der Waals surface area contributed by atoms with Crippen LogP contribution in [0.1, 0.15) is 34.7 Å². The predicted molar refractivity (Wildman–Crippen MR) is 98.8 cm³/mol. The van der Waals surface area contributed by atoms with Crippen molar-refractivity contribution in [2.24, 2.45) is 5.92 Å². The topological polar surface area (TPSA) is 97.6 Å². The molecule has 1 saturated heterocycles. The Labute approximate surface area is 183 Å². The molecule has 2 aliphatic heterocycles. The van der Waals surface area contributed by atoms with Crippen molar-refractivity contribution in [1.82, 2.24) is 20.4 Å². The van der Waals surface area contributed by atoms with Crippen LogP contribution in [-0.4, -0.2) is 58.1 Å². The summed E-state index contributed by atoms with van der Waals surface area (Å²) in [6, 6.07) is 3.29. The molecule has 0 unspecified atom stereocenters. The number of alkyl halides is 5. The number of carbonyl (C=O) groups is 2. The summed E-state index contributed by atoms with van der Waals surface area (Å²) in [4.78, 5) is 30.1. The summed E-state index contributed by atoms with van der Waals surface area (Å²) < 4.78 is 74.4. The fourth-order valence-electron chi connectivity index (χ4n) is 4.17. The number of fused-ring (bicyclic) bond motifs is 1. The van der Waals surface area contributed by atoms with E-state index in [0.29, 0.717) is 18.6 Å². The number of nitrogens with zero attached hydrogens (tertiary/aromatic N) is 3. The summed E-state index contributed by atoms with van der Waals surface area (Å²) in [5.41, 5.74) is 1.03. The normalized spacial score (nSPS) is 26.3. The maximum Gasteiger partial charge on any atom is 0.471 e. The second-order valence-corrected chi connectivity index (χ2v) is 8.29. The standard InChI is InChI=1S/C20H17F5N4O4/c21-19(22)6-12(19)16(30)26-13-3-4-32-8-14(13)29-7-10-2-1-9(5-11(10)17(29)31)15-27-18(33-28-15)20(23,24)25/h1-2,5,12-14H,3-4,6-8H2,(H,26,30)/t12-,13-,14+/m0/s1. The average molecular weight is 472 g/mol. The van der Waals surface area contributed by atoms with Crippen LogP contribution in [0.3, 0.4) is 0 Å². The Morgan fingerprint density at radius 1 is 1.27 bits per heavy atom. The molecule has 1 saturated carbocycles. The molecule has 1 aliphatic carbocycles. The van der Waals surface area contributed by atoms with E-state index in [1.165, 1.54) is 17.0 Å². The van der Waals surface area contributed by atoms with Crippen LogP contribution in [0.5, 0.6) is 0 Å². The highest BCUT2D eigenvalue weighted by Gasteiger charge is 2.61. The molecule has 1 aromatic carbocycles. The zero-order chi connectivity index (χ0) is 23.5. The zero-order valence-corrected chi connectivity index (χ0v) is 16.9. The monoisotopic (exact) mass is 472 g/mol. The number of carbonyl (C=O) groups excluding carboxylic acids is 2. The van der Waals surface area contributed by atoms with Gasteiger partial charge in [-0.15, -0.1) is 0 Å². The fourth-order valence-corrected chi connectivity index (χ4v) is 4.17. The Balaban J connectivity index is 1.34. The molecule has 33 heavy (non-hydrogen) atoms. The summed E-state index contributed by atoms with van der Waals surface area (Å²) >= 11 is 0. The van der Waals surface area contributed by atoms with Crippen molar-refractivity contribution in [3.63, 3.8) is 0 Å². The lowest BCUT2D eigenvalue weighted by Crippen LogP contribution is -2.57. The lowest BCUT2D eigenvalue weighted by atomic mass is 10.0. The van der Waals surface area contributed by atoms with E-state index < -0.39 is 54.2 Å². The van der Waals surface area contributed by atoms with E-state index in [4.69, 9.17) is 4.74 Å². The third-order valence-electron chi connectivity index (χ3n) is 6.07. The maximum absolute atomic E-state index is 13.3. The number of benzene rings is 1. The van der Waals surface area contributed by atoms with Gasteiger partial charge in [-0.25, -0.2) is 8.78 Å². The lowest BCUT2D eigenvalue weighted by molar-refractivity contribution is -0.159. The van der Waals surface area contributed by atoms with Crippen molar-refractivity contribution in [2.75, 3.05) is 13.2 Å². The maximum atomic E-state index is 13.3. The second-order valence-electron chi connectivity index (χ2n) is 8.29. The van der Waals surface area contributed by atoms with E-state index in [1.807, 2.05) is 0 Å². The Morgan fingerprint density at radius 2 is 2.03 bits per heavy atom. The average Bonchev–Trinajstić information content (AvgIpc) is 3.09. The summed E-state index contributed by atoms with van der Waals surface area (Å²) in [6.07, 6.45) is -4.93. The van der Waals surface area contributed by atoms with Gasteiger partial charge in [0.05, 0.1) is 18.7 Å². The molecular formula is C20H17F5N4O4. The third-order valence-corrected chi connectivity index (χ3v) is 6.07. The van der Waals surface area contributed by atoms with E-state index in [1.54, 1.807) is 6.07 Å². The first kappa shape index (κ1) is 21.7. The molecule has 3 atom stereocenters. The highest BCUT2D eigenvalue weighted by atomic mass is 19.4. The molecule has 1 N–H and O–H groups in total. The Bertz CT molecular complexity index is 1120. The van der Waals surface area contributed by atoms with Gasteiger partial charge in [-0.2, -0.15) is 18.2 Å². The zero-order valence-electron chi connectivity index (χ0n) is 16.9. The molecule has 3 heterocycles. The minimum absolute atomic E-state index is 0.110. The Morgan fingerprint density at radius 3 is 2.70 bits per heavy atom. The van der Waals surface area contributed by atoms with E-state index in [2.05, 4.69) is 20.0 Å². The molecule has 0 radical (unpaired) electrons. The first-order chi connectivity index (χ1) is 15.5. The van der Waals surface area contributed by atoms with Crippen LogP contribution in [-0.2, 0) is 22.3 Å². The molecule has 1 aromatic heterocycles. The first-order valence-corrected chi connectivity index (χ1v) is 10.2. The molecule has 3 aliphatic rings. The predicted octanol–water partition coefficient (Wildman–Crippen LogP) is 2.64. The number of halogens is 5. The van der Waals surface area contributed by atoms with Gasteiger partial charge in [-0.1, -0.05) is 17.3 Å². The van der Waals surface area contributed by atoms with Crippen LogP contribution in [0.2, 0.25) is 0 Å². The number of nitrogens with one attached hydrogen (secondary N) is 1. The molecule has 8 nitrogen and oxygen atoms in total. The molecule has 2 amide bonds. The van der Waals surface area contributed by atoms with Gasteiger partial charge < -0.3 is 19.5 Å². The summed E-state index contributed by atoms with van der Waals surface area (Å²) in [7, 11) is 0. The summed E-state index contributed by atoms with van der Waals surface area (Å²) in [5.74, 6) is -7.33. The van der Waals surface area contributed by atoms with Crippen LogP contribution in [0.25, 0.3) is 11.4 Å². The van der Waals surface area contributed by atoms with E-state index in [0.717, 1.165) is 0 Å². The van der Waals surface area contributed by atoms with Crippen molar-refractivity contribution < 1.29 is 40.8 Å². The van der Waals surface area contributed by atoms with Gasteiger partial charge in [-0.05, 0) is 18.1 Å². The molecule has 13 heteroatoms. The van der Waals surface area contributed by atoms with Crippen LogP contribution in [0.15, 0.2) is 22.7 Å². The van der Waals surface area contributed by atoms with Gasteiger partial charge in [0.2, 0.25) is 11.7 Å². The van der Waals surface area contributed by atoms with Crippen molar-refractivity contribution in [3.8, 4) is 11.4 Å². The Hall–Kier alpha value is -3.09. The largest absolute Gasteiger partial charge is 0.471 e. The van der Waals surface area contributed by atoms with Crippen molar-refractivity contribution >= 4 is 11.8 Å². The van der Waals surface area contributed by atoms with Crippen LogP contribution >= 0.6 is 0 Å². The molecule has 176 valence electrons. The highest BCUT2D eigenvalue weighted by Crippen LogP contribution is 2.48.